The average molecular weight is 233 g/mol. The SMILES string of the molecule is NC(=Nc1ccncc1)NC(=O)N1CCCC1. The quantitative estimate of drug-likeness (QED) is 0.556. The molecular weight excluding hydrogens is 218 g/mol. The zero-order chi connectivity index (χ0) is 12.1. The molecule has 0 spiro atoms. The Kier molecular flexibility index (Phi) is 3.54. The van der Waals surface area contributed by atoms with Gasteiger partial charge in [-0.15, -0.1) is 0 Å². The molecule has 0 unspecified atom stereocenters. The average Bonchev–Trinajstić information content (AvgIpc) is 2.83. The summed E-state index contributed by atoms with van der Waals surface area (Å²) < 4.78 is 0. The van der Waals surface area contributed by atoms with Crippen molar-refractivity contribution in [1.82, 2.24) is 15.2 Å². The molecule has 2 rings (SSSR count). The van der Waals surface area contributed by atoms with Crippen LogP contribution in [0.25, 0.3) is 0 Å². The fourth-order valence-electron chi connectivity index (χ4n) is 1.69. The van der Waals surface area contributed by atoms with E-state index in [0.29, 0.717) is 5.69 Å². The van der Waals surface area contributed by atoms with E-state index in [2.05, 4.69) is 15.3 Å². The summed E-state index contributed by atoms with van der Waals surface area (Å²) in [6.45, 7) is 1.57. The van der Waals surface area contributed by atoms with E-state index in [1.807, 2.05) is 0 Å². The minimum Gasteiger partial charge on any atom is -0.369 e. The molecule has 1 aliphatic heterocycles. The highest BCUT2D eigenvalue weighted by molar-refractivity contribution is 5.96. The Morgan fingerprint density at radius 2 is 2.00 bits per heavy atom. The number of nitrogens with one attached hydrogen (secondary N) is 1. The number of nitrogens with zero attached hydrogens (tertiary/aromatic N) is 3. The number of amides is 2. The molecule has 1 saturated heterocycles. The number of pyridine rings is 1. The number of likely N-dealkylation sites (tertiary alicyclic amines) is 1. The Morgan fingerprint density at radius 1 is 1.35 bits per heavy atom. The van der Waals surface area contributed by atoms with Crippen LogP contribution >= 0.6 is 0 Å². The molecule has 0 aliphatic carbocycles. The predicted molar refractivity (Wildman–Crippen MR) is 64.9 cm³/mol. The van der Waals surface area contributed by atoms with Crippen LogP contribution in [-0.4, -0.2) is 35.0 Å². The third kappa shape index (κ3) is 3.17. The maximum atomic E-state index is 11.7. The van der Waals surface area contributed by atoms with Gasteiger partial charge in [-0.05, 0) is 25.0 Å². The molecule has 0 radical (unpaired) electrons. The Hall–Kier alpha value is -2.11. The molecule has 6 nitrogen and oxygen atoms in total. The maximum Gasteiger partial charge on any atom is 0.324 e. The summed E-state index contributed by atoms with van der Waals surface area (Å²) in [5, 5.41) is 2.56. The molecule has 1 aromatic heterocycles. The van der Waals surface area contributed by atoms with Gasteiger partial charge in [0.2, 0.25) is 5.96 Å². The molecule has 1 aromatic rings. The minimum absolute atomic E-state index is 0.105. The van der Waals surface area contributed by atoms with Crippen molar-refractivity contribution < 1.29 is 4.79 Å². The van der Waals surface area contributed by atoms with Crippen molar-refractivity contribution in [3.63, 3.8) is 0 Å². The van der Waals surface area contributed by atoms with Crippen LogP contribution < -0.4 is 11.1 Å². The molecule has 1 aliphatic rings. The van der Waals surface area contributed by atoms with E-state index in [-0.39, 0.29) is 12.0 Å². The van der Waals surface area contributed by atoms with Crippen molar-refractivity contribution in [1.29, 1.82) is 0 Å². The lowest BCUT2D eigenvalue weighted by Gasteiger charge is -2.15. The lowest BCUT2D eigenvalue weighted by atomic mass is 10.4. The number of hydrogen-bond acceptors (Lipinski definition) is 3. The third-order valence-electron chi connectivity index (χ3n) is 2.54. The van der Waals surface area contributed by atoms with Crippen LogP contribution in [0.15, 0.2) is 29.5 Å². The van der Waals surface area contributed by atoms with Gasteiger partial charge in [0.25, 0.3) is 0 Å². The molecule has 2 heterocycles. The Bertz CT molecular complexity index is 411. The van der Waals surface area contributed by atoms with Gasteiger partial charge in [-0.2, -0.15) is 0 Å². The Balaban J connectivity index is 1.94. The lowest BCUT2D eigenvalue weighted by molar-refractivity contribution is 0.214. The smallest absolute Gasteiger partial charge is 0.324 e. The summed E-state index contributed by atoms with van der Waals surface area (Å²) in [7, 11) is 0. The van der Waals surface area contributed by atoms with Gasteiger partial charge in [-0.25, -0.2) is 9.79 Å². The predicted octanol–water partition coefficient (Wildman–Crippen LogP) is 0.833. The topological polar surface area (TPSA) is 83.6 Å². The number of aliphatic imine (C=N–C) groups is 1. The summed E-state index contributed by atoms with van der Waals surface area (Å²) >= 11 is 0. The molecule has 3 N–H and O–H groups in total. The summed E-state index contributed by atoms with van der Waals surface area (Å²) in [5.41, 5.74) is 6.31. The Morgan fingerprint density at radius 3 is 2.65 bits per heavy atom. The van der Waals surface area contributed by atoms with E-state index in [4.69, 9.17) is 5.73 Å². The number of guanidine groups is 1. The molecule has 17 heavy (non-hydrogen) atoms. The first kappa shape index (κ1) is 11.4. The Labute approximate surface area is 99.5 Å². The molecule has 0 saturated carbocycles. The van der Waals surface area contributed by atoms with Crippen LogP contribution in [0.3, 0.4) is 0 Å². The largest absolute Gasteiger partial charge is 0.369 e. The second-order valence-corrected chi connectivity index (χ2v) is 3.83. The molecular formula is C11H15N5O. The van der Waals surface area contributed by atoms with Crippen molar-refractivity contribution >= 4 is 17.7 Å². The molecule has 2 amide bonds. The van der Waals surface area contributed by atoms with E-state index in [1.54, 1.807) is 29.4 Å². The highest BCUT2D eigenvalue weighted by Gasteiger charge is 2.17. The van der Waals surface area contributed by atoms with Gasteiger partial charge in [0, 0.05) is 25.5 Å². The van der Waals surface area contributed by atoms with Crippen LogP contribution in [0, 0.1) is 0 Å². The first-order valence-corrected chi connectivity index (χ1v) is 5.56. The molecule has 0 bridgehead atoms. The molecule has 6 heteroatoms. The maximum absolute atomic E-state index is 11.7. The second kappa shape index (κ2) is 5.29. The number of aromatic nitrogens is 1. The van der Waals surface area contributed by atoms with Gasteiger partial charge in [0.15, 0.2) is 0 Å². The van der Waals surface area contributed by atoms with E-state index in [9.17, 15) is 4.79 Å². The van der Waals surface area contributed by atoms with Crippen LogP contribution in [0.5, 0.6) is 0 Å². The van der Waals surface area contributed by atoms with E-state index in [1.165, 1.54) is 0 Å². The van der Waals surface area contributed by atoms with Crippen LogP contribution in [-0.2, 0) is 0 Å². The van der Waals surface area contributed by atoms with Gasteiger partial charge in [-0.1, -0.05) is 0 Å². The van der Waals surface area contributed by atoms with E-state index < -0.39 is 0 Å². The number of rotatable bonds is 1. The molecule has 0 aromatic carbocycles. The summed E-state index contributed by atoms with van der Waals surface area (Å²) in [4.78, 5) is 21.4. The standard InChI is InChI=1S/C11H15N5O/c12-10(14-9-3-5-13-6-4-9)15-11(17)16-7-1-2-8-16/h3-6H,1-2,7-8H2,(H3,12,13,14,15,17). The zero-order valence-corrected chi connectivity index (χ0v) is 9.47. The van der Waals surface area contributed by atoms with Gasteiger partial charge in [-0.3, -0.25) is 10.3 Å². The van der Waals surface area contributed by atoms with Crippen LogP contribution in [0.2, 0.25) is 0 Å². The number of urea groups is 1. The molecule has 1 fully saturated rings. The van der Waals surface area contributed by atoms with Gasteiger partial charge in [0.1, 0.15) is 0 Å². The van der Waals surface area contributed by atoms with Crippen LogP contribution in [0.4, 0.5) is 10.5 Å². The van der Waals surface area contributed by atoms with E-state index in [0.717, 1.165) is 25.9 Å². The first-order chi connectivity index (χ1) is 8.25. The number of hydrogen-bond donors (Lipinski definition) is 2. The summed E-state index contributed by atoms with van der Waals surface area (Å²) in [5.74, 6) is 0.105. The van der Waals surface area contributed by atoms with Crippen molar-refractivity contribution in [2.24, 2.45) is 10.7 Å². The molecule has 90 valence electrons. The third-order valence-corrected chi connectivity index (χ3v) is 2.54. The highest BCUT2D eigenvalue weighted by Crippen LogP contribution is 2.08. The monoisotopic (exact) mass is 233 g/mol. The number of carbonyl (C=O) groups is 1. The van der Waals surface area contributed by atoms with Crippen molar-refractivity contribution in [2.45, 2.75) is 12.8 Å². The number of carbonyl (C=O) groups excluding carboxylic acids is 1. The van der Waals surface area contributed by atoms with Crippen molar-refractivity contribution in [2.75, 3.05) is 13.1 Å². The van der Waals surface area contributed by atoms with Gasteiger partial charge in [0.05, 0.1) is 5.69 Å². The number of nitrogens with two attached hydrogens (primary N) is 1. The summed E-state index contributed by atoms with van der Waals surface area (Å²) in [6.07, 6.45) is 5.34. The second-order valence-electron chi connectivity index (χ2n) is 3.83. The van der Waals surface area contributed by atoms with Crippen molar-refractivity contribution in [3.05, 3.63) is 24.5 Å². The normalized spacial score (nSPS) is 16.0. The van der Waals surface area contributed by atoms with Crippen LogP contribution in [0.1, 0.15) is 12.8 Å². The fourth-order valence-corrected chi connectivity index (χ4v) is 1.69. The molecule has 0 atom stereocenters. The zero-order valence-electron chi connectivity index (χ0n) is 9.47. The van der Waals surface area contributed by atoms with Gasteiger partial charge < -0.3 is 10.6 Å². The fraction of sp³-hybridized carbons (Fsp3) is 0.364. The first-order valence-electron chi connectivity index (χ1n) is 5.56. The summed E-state index contributed by atoms with van der Waals surface area (Å²) in [6, 6.07) is 3.25. The highest BCUT2D eigenvalue weighted by atomic mass is 16.2. The van der Waals surface area contributed by atoms with E-state index >= 15 is 0 Å². The lowest BCUT2D eigenvalue weighted by Crippen LogP contribution is -2.44. The van der Waals surface area contributed by atoms with Crippen molar-refractivity contribution in [3.8, 4) is 0 Å². The minimum atomic E-state index is -0.183. The van der Waals surface area contributed by atoms with Gasteiger partial charge >= 0.3 is 6.03 Å².